The molecule has 1 heterocycles. The number of nitrogens with one attached hydrogen (secondary N) is 2. The Balaban J connectivity index is 1.80. The van der Waals surface area contributed by atoms with Gasteiger partial charge >= 0.3 is 0 Å². The number of ether oxygens (including phenoxy) is 1. The molecule has 2 N–H and O–H groups in total. The molecule has 1 fully saturated rings. The molecule has 1 aliphatic heterocycles. The maximum absolute atomic E-state index is 11.5. The maximum atomic E-state index is 11.5. The van der Waals surface area contributed by atoms with Crippen molar-refractivity contribution >= 4 is 15.8 Å². The monoisotopic (exact) mass is 381 g/mol. The van der Waals surface area contributed by atoms with Crippen LogP contribution in [-0.2, 0) is 9.84 Å². The first-order chi connectivity index (χ1) is 12.4. The van der Waals surface area contributed by atoms with Gasteiger partial charge in [-0.15, -0.1) is 0 Å². The summed E-state index contributed by atoms with van der Waals surface area (Å²) in [6, 6.07) is 8.17. The highest BCUT2D eigenvalue weighted by molar-refractivity contribution is 7.91. The van der Waals surface area contributed by atoms with Crippen molar-refractivity contribution in [2.24, 2.45) is 10.9 Å². The fourth-order valence-corrected chi connectivity index (χ4v) is 4.93. The standard InChI is InChI=1S/C19H31N3O3S/c1-4-20-19(22-13-16-10-12-26(23,24)14-16)21-11-9-15(2)17-5-7-18(25-3)8-6-17/h5-8,15-16H,4,9-14H2,1-3H3,(H2,20,21,22). The predicted octanol–water partition coefficient (Wildman–Crippen LogP) is 2.18. The minimum absolute atomic E-state index is 0.147. The minimum atomic E-state index is -2.84. The van der Waals surface area contributed by atoms with Gasteiger partial charge in [-0.25, -0.2) is 8.42 Å². The van der Waals surface area contributed by atoms with Gasteiger partial charge in [0.15, 0.2) is 15.8 Å². The van der Waals surface area contributed by atoms with Gasteiger partial charge < -0.3 is 15.4 Å². The number of hydrogen-bond acceptors (Lipinski definition) is 4. The number of nitrogens with zero attached hydrogens (tertiary/aromatic N) is 1. The first kappa shape index (κ1) is 20.6. The van der Waals surface area contributed by atoms with E-state index in [9.17, 15) is 8.42 Å². The van der Waals surface area contributed by atoms with Crippen LogP contribution in [0.1, 0.15) is 38.2 Å². The van der Waals surface area contributed by atoms with Gasteiger partial charge in [0, 0.05) is 19.6 Å². The van der Waals surface area contributed by atoms with E-state index in [2.05, 4.69) is 34.7 Å². The molecule has 1 aromatic carbocycles. The Morgan fingerprint density at radius 2 is 2.04 bits per heavy atom. The van der Waals surface area contributed by atoms with Gasteiger partial charge in [0.1, 0.15) is 5.75 Å². The molecule has 146 valence electrons. The molecule has 2 atom stereocenters. The zero-order valence-corrected chi connectivity index (χ0v) is 16.8. The van der Waals surface area contributed by atoms with Gasteiger partial charge in [-0.2, -0.15) is 0 Å². The summed E-state index contributed by atoms with van der Waals surface area (Å²) in [6.45, 7) is 6.38. The van der Waals surface area contributed by atoms with E-state index in [-0.39, 0.29) is 11.7 Å². The third-order valence-electron chi connectivity index (χ3n) is 4.73. The van der Waals surface area contributed by atoms with E-state index in [1.54, 1.807) is 7.11 Å². The Labute approximate surface area is 157 Å². The zero-order chi connectivity index (χ0) is 19.0. The number of rotatable bonds is 8. The molecule has 2 rings (SSSR count). The topological polar surface area (TPSA) is 79.8 Å². The van der Waals surface area contributed by atoms with E-state index in [0.717, 1.165) is 37.6 Å². The third-order valence-corrected chi connectivity index (χ3v) is 6.57. The summed E-state index contributed by atoms with van der Waals surface area (Å²) in [5.41, 5.74) is 1.28. The van der Waals surface area contributed by atoms with E-state index in [1.807, 2.05) is 19.1 Å². The van der Waals surface area contributed by atoms with Gasteiger partial charge in [-0.3, -0.25) is 4.99 Å². The lowest BCUT2D eigenvalue weighted by Gasteiger charge is -2.16. The summed E-state index contributed by atoms with van der Waals surface area (Å²) in [4.78, 5) is 4.57. The summed E-state index contributed by atoms with van der Waals surface area (Å²) in [5, 5.41) is 6.58. The number of guanidine groups is 1. The van der Waals surface area contributed by atoms with Gasteiger partial charge in [0.05, 0.1) is 18.6 Å². The highest BCUT2D eigenvalue weighted by atomic mass is 32.2. The minimum Gasteiger partial charge on any atom is -0.497 e. The molecule has 0 spiro atoms. The van der Waals surface area contributed by atoms with Gasteiger partial charge in [-0.05, 0) is 49.3 Å². The van der Waals surface area contributed by atoms with Crippen LogP contribution in [0.3, 0.4) is 0 Å². The highest BCUT2D eigenvalue weighted by Gasteiger charge is 2.27. The van der Waals surface area contributed by atoms with Gasteiger partial charge in [0.25, 0.3) is 0 Å². The van der Waals surface area contributed by atoms with Gasteiger partial charge in [-0.1, -0.05) is 19.1 Å². The molecule has 7 heteroatoms. The average molecular weight is 382 g/mol. The average Bonchev–Trinajstić information content (AvgIpc) is 2.98. The van der Waals surface area contributed by atoms with Crippen molar-refractivity contribution in [2.45, 2.75) is 32.6 Å². The molecule has 1 aromatic rings. The smallest absolute Gasteiger partial charge is 0.191 e. The van der Waals surface area contributed by atoms with E-state index in [0.29, 0.717) is 18.2 Å². The zero-order valence-electron chi connectivity index (χ0n) is 16.0. The summed E-state index contributed by atoms with van der Waals surface area (Å²) in [5.74, 6) is 2.78. The number of aliphatic imine (C=N–C) groups is 1. The Hall–Kier alpha value is -1.76. The normalized spacial score (nSPS) is 20.6. The third kappa shape index (κ3) is 6.52. The highest BCUT2D eigenvalue weighted by Crippen LogP contribution is 2.21. The van der Waals surface area contributed by atoms with Gasteiger partial charge in [0.2, 0.25) is 0 Å². The van der Waals surface area contributed by atoms with E-state index in [1.165, 1.54) is 5.56 Å². The van der Waals surface area contributed by atoms with Crippen molar-refractivity contribution in [3.8, 4) is 5.75 Å². The SMILES string of the molecule is CCNC(=NCC1CCS(=O)(=O)C1)NCCC(C)c1ccc(OC)cc1. The molecule has 6 nitrogen and oxygen atoms in total. The molecule has 26 heavy (non-hydrogen) atoms. The Kier molecular flexibility index (Phi) is 7.75. The molecule has 0 bridgehead atoms. The van der Waals surface area contributed by atoms with Crippen LogP contribution in [0.25, 0.3) is 0 Å². The lowest BCUT2D eigenvalue weighted by Crippen LogP contribution is -2.38. The fourth-order valence-electron chi connectivity index (χ4n) is 3.08. The van der Waals surface area contributed by atoms with E-state index < -0.39 is 9.84 Å². The Morgan fingerprint density at radius 3 is 2.62 bits per heavy atom. The van der Waals surface area contributed by atoms with Crippen LogP contribution in [0, 0.1) is 5.92 Å². The molecule has 1 saturated heterocycles. The molecule has 0 aliphatic carbocycles. The molecular weight excluding hydrogens is 350 g/mol. The Bertz CT molecular complexity index is 686. The molecular formula is C19H31N3O3S. The molecule has 0 radical (unpaired) electrons. The molecule has 0 aromatic heterocycles. The lowest BCUT2D eigenvalue weighted by atomic mass is 9.98. The quantitative estimate of drug-likeness (QED) is 0.533. The summed E-state index contributed by atoms with van der Waals surface area (Å²) < 4.78 is 28.3. The van der Waals surface area contributed by atoms with Crippen molar-refractivity contribution in [2.75, 3.05) is 38.2 Å². The van der Waals surface area contributed by atoms with Crippen LogP contribution in [0.2, 0.25) is 0 Å². The van der Waals surface area contributed by atoms with Crippen LogP contribution < -0.4 is 15.4 Å². The summed E-state index contributed by atoms with van der Waals surface area (Å²) in [6.07, 6.45) is 1.70. The maximum Gasteiger partial charge on any atom is 0.191 e. The van der Waals surface area contributed by atoms with Crippen molar-refractivity contribution in [1.82, 2.24) is 10.6 Å². The van der Waals surface area contributed by atoms with E-state index >= 15 is 0 Å². The van der Waals surface area contributed by atoms with Crippen LogP contribution in [0.5, 0.6) is 5.75 Å². The lowest BCUT2D eigenvalue weighted by molar-refractivity contribution is 0.414. The molecule has 1 aliphatic rings. The molecule has 0 saturated carbocycles. The van der Waals surface area contributed by atoms with Crippen molar-refractivity contribution in [3.05, 3.63) is 29.8 Å². The van der Waals surface area contributed by atoms with E-state index in [4.69, 9.17) is 4.74 Å². The Morgan fingerprint density at radius 1 is 1.31 bits per heavy atom. The first-order valence-electron chi connectivity index (χ1n) is 9.30. The molecule has 2 unspecified atom stereocenters. The van der Waals surface area contributed by atoms with Crippen LogP contribution in [0.4, 0.5) is 0 Å². The number of hydrogen-bond donors (Lipinski definition) is 2. The number of benzene rings is 1. The van der Waals surface area contributed by atoms with Crippen LogP contribution in [-0.4, -0.2) is 52.6 Å². The summed E-state index contributed by atoms with van der Waals surface area (Å²) in [7, 11) is -1.17. The van der Waals surface area contributed by atoms with Crippen LogP contribution >= 0.6 is 0 Å². The van der Waals surface area contributed by atoms with Crippen molar-refractivity contribution < 1.29 is 13.2 Å². The van der Waals surface area contributed by atoms with Crippen molar-refractivity contribution in [3.63, 3.8) is 0 Å². The second-order valence-corrected chi connectivity index (χ2v) is 9.11. The largest absolute Gasteiger partial charge is 0.497 e. The van der Waals surface area contributed by atoms with Crippen LogP contribution in [0.15, 0.2) is 29.3 Å². The predicted molar refractivity (Wildman–Crippen MR) is 107 cm³/mol. The number of sulfone groups is 1. The first-order valence-corrected chi connectivity index (χ1v) is 11.1. The second kappa shape index (κ2) is 9.80. The van der Waals surface area contributed by atoms with Crippen molar-refractivity contribution in [1.29, 1.82) is 0 Å². The number of methoxy groups -OCH3 is 1. The summed E-state index contributed by atoms with van der Waals surface area (Å²) >= 11 is 0. The molecule has 0 amide bonds. The fraction of sp³-hybridized carbons (Fsp3) is 0.632. The second-order valence-electron chi connectivity index (χ2n) is 6.88.